The smallest absolute Gasteiger partial charge is 0.0963 e. The molecule has 0 spiro atoms. The van der Waals surface area contributed by atoms with Gasteiger partial charge in [-0.2, -0.15) is 0 Å². The molecule has 10 aromatic rings. The average molecular weight is 756 g/mol. The summed E-state index contributed by atoms with van der Waals surface area (Å²) in [5, 5.41) is 1.15. The van der Waals surface area contributed by atoms with Crippen LogP contribution in [0.4, 0.5) is 17.1 Å². The van der Waals surface area contributed by atoms with Crippen molar-refractivity contribution in [2.24, 2.45) is 0 Å². The number of para-hydroxylation sites is 1. The van der Waals surface area contributed by atoms with E-state index >= 15 is 0 Å². The van der Waals surface area contributed by atoms with Gasteiger partial charge in [-0.25, -0.2) is 0 Å². The summed E-state index contributed by atoms with van der Waals surface area (Å²) in [7, 11) is 0. The number of rotatable bonds is 7. The summed E-state index contributed by atoms with van der Waals surface area (Å²) in [5.74, 6) is 0. The molecule has 0 amide bonds. The van der Waals surface area contributed by atoms with Crippen LogP contribution in [0.5, 0.6) is 0 Å². The SMILES string of the molecule is CC1(C)c2ccccc2-c2ccc(-c3ccc(N(c4ccc(-c5ccccc5)cc4)c4ccc(-n5c6ccccc6c6ncccc65)cc4)cc3-c3ccccc3)cc21. The van der Waals surface area contributed by atoms with Gasteiger partial charge in [-0.05, 0) is 128 Å². The van der Waals surface area contributed by atoms with Crippen molar-refractivity contribution in [3.8, 4) is 50.2 Å². The Kier molecular flexibility index (Phi) is 8.16. The highest BCUT2D eigenvalue weighted by Crippen LogP contribution is 2.50. The van der Waals surface area contributed by atoms with Gasteiger partial charge in [0.25, 0.3) is 0 Å². The molecule has 0 aliphatic heterocycles. The Morgan fingerprint density at radius 3 is 1.76 bits per heavy atom. The molecule has 0 fully saturated rings. The van der Waals surface area contributed by atoms with Crippen LogP contribution >= 0.6 is 0 Å². The monoisotopic (exact) mass is 755 g/mol. The molecule has 0 radical (unpaired) electrons. The van der Waals surface area contributed by atoms with Crippen molar-refractivity contribution < 1.29 is 0 Å². The summed E-state index contributed by atoms with van der Waals surface area (Å²) in [4.78, 5) is 7.16. The zero-order valence-electron chi connectivity index (χ0n) is 33.0. The largest absolute Gasteiger partial charge is 0.310 e. The van der Waals surface area contributed by atoms with Crippen molar-refractivity contribution in [1.82, 2.24) is 9.55 Å². The fraction of sp³-hybridized carbons (Fsp3) is 0.0536. The van der Waals surface area contributed by atoms with Crippen LogP contribution in [-0.2, 0) is 5.41 Å². The van der Waals surface area contributed by atoms with E-state index in [2.05, 4.69) is 224 Å². The Morgan fingerprint density at radius 1 is 0.407 bits per heavy atom. The predicted octanol–water partition coefficient (Wildman–Crippen LogP) is 15.0. The maximum atomic E-state index is 4.78. The maximum Gasteiger partial charge on any atom is 0.0963 e. The van der Waals surface area contributed by atoms with Gasteiger partial charge in [-0.15, -0.1) is 0 Å². The van der Waals surface area contributed by atoms with Crippen molar-refractivity contribution in [3.63, 3.8) is 0 Å². The molecule has 59 heavy (non-hydrogen) atoms. The number of nitrogens with zero attached hydrogens (tertiary/aromatic N) is 3. The quantitative estimate of drug-likeness (QED) is 0.162. The lowest BCUT2D eigenvalue weighted by molar-refractivity contribution is 0.660. The second-order valence-electron chi connectivity index (χ2n) is 16.0. The van der Waals surface area contributed by atoms with E-state index in [1.165, 1.54) is 55.6 Å². The second-order valence-corrected chi connectivity index (χ2v) is 16.0. The Morgan fingerprint density at radius 2 is 0.983 bits per heavy atom. The van der Waals surface area contributed by atoms with Gasteiger partial charge in [0.2, 0.25) is 0 Å². The minimum absolute atomic E-state index is 0.0839. The fourth-order valence-corrected chi connectivity index (χ4v) is 9.34. The van der Waals surface area contributed by atoms with Gasteiger partial charge in [0, 0.05) is 39.7 Å². The van der Waals surface area contributed by atoms with Crippen molar-refractivity contribution in [3.05, 3.63) is 224 Å². The standard InChI is InChI=1S/C56H41N3/c1-56(2)51-20-11-9-18-47(51)48-33-25-41(36-52(48)56)46-34-32-45(37-50(46)40-16-7-4-8-17-40)58(42-26-23-39(24-27-42)38-14-5-3-6-15-38)43-28-30-44(31-29-43)59-53-21-12-10-19-49(53)55-54(59)22-13-35-57-55/h3-37H,1-2H3. The molecule has 3 nitrogen and oxygen atoms in total. The topological polar surface area (TPSA) is 21.1 Å². The first-order chi connectivity index (χ1) is 29.0. The molecule has 0 N–H and O–H groups in total. The van der Waals surface area contributed by atoms with E-state index in [1.807, 2.05) is 12.3 Å². The van der Waals surface area contributed by atoms with Crippen LogP contribution in [-0.4, -0.2) is 9.55 Å². The average Bonchev–Trinajstić information content (AvgIpc) is 3.75. The summed E-state index contributed by atoms with van der Waals surface area (Å²) < 4.78 is 2.32. The third-order valence-electron chi connectivity index (χ3n) is 12.3. The Balaban J connectivity index is 1.06. The van der Waals surface area contributed by atoms with Crippen molar-refractivity contribution >= 4 is 39.0 Å². The first-order valence-corrected chi connectivity index (χ1v) is 20.4. The number of anilines is 3. The molecule has 0 bridgehead atoms. The molecule has 0 saturated heterocycles. The molecule has 3 heteroatoms. The van der Waals surface area contributed by atoms with Gasteiger partial charge >= 0.3 is 0 Å². The molecule has 1 aliphatic rings. The fourth-order valence-electron chi connectivity index (χ4n) is 9.34. The van der Waals surface area contributed by atoms with Gasteiger partial charge < -0.3 is 9.47 Å². The first kappa shape index (κ1) is 34.7. The van der Waals surface area contributed by atoms with Crippen LogP contribution in [0.25, 0.3) is 72.1 Å². The molecule has 0 atom stereocenters. The third kappa shape index (κ3) is 5.77. The van der Waals surface area contributed by atoms with Gasteiger partial charge in [0.1, 0.15) is 0 Å². The van der Waals surface area contributed by atoms with Gasteiger partial charge in [-0.1, -0.05) is 147 Å². The van der Waals surface area contributed by atoms with E-state index in [0.717, 1.165) is 44.7 Å². The van der Waals surface area contributed by atoms with Crippen LogP contribution in [0.15, 0.2) is 212 Å². The highest BCUT2D eigenvalue weighted by molar-refractivity contribution is 6.07. The summed E-state index contributed by atoms with van der Waals surface area (Å²) in [5.41, 5.74) is 20.1. The number of hydrogen-bond acceptors (Lipinski definition) is 2. The van der Waals surface area contributed by atoms with Crippen molar-refractivity contribution in [1.29, 1.82) is 0 Å². The second kappa shape index (κ2) is 13.9. The molecular weight excluding hydrogens is 715 g/mol. The highest BCUT2D eigenvalue weighted by Gasteiger charge is 2.35. The highest BCUT2D eigenvalue weighted by atomic mass is 15.1. The molecular formula is C56H41N3. The number of benzene rings is 8. The van der Waals surface area contributed by atoms with Gasteiger partial charge in [-0.3, -0.25) is 4.98 Å². The van der Waals surface area contributed by atoms with E-state index in [0.29, 0.717) is 0 Å². The molecule has 0 saturated carbocycles. The van der Waals surface area contributed by atoms with Crippen molar-refractivity contribution in [2.75, 3.05) is 4.90 Å². The summed E-state index contributed by atoms with van der Waals surface area (Å²) in [6, 6.07) is 74.9. The Labute approximate surface area is 345 Å². The van der Waals surface area contributed by atoms with E-state index < -0.39 is 0 Å². The lowest BCUT2D eigenvalue weighted by Crippen LogP contribution is -2.14. The Bertz CT molecular complexity index is 3110. The van der Waals surface area contributed by atoms with Gasteiger partial charge in [0.05, 0.1) is 16.6 Å². The molecule has 280 valence electrons. The van der Waals surface area contributed by atoms with Crippen LogP contribution in [0.2, 0.25) is 0 Å². The lowest BCUT2D eigenvalue weighted by atomic mass is 9.81. The third-order valence-corrected chi connectivity index (χ3v) is 12.3. The lowest BCUT2D eigenvalue weighted by Gasteiger charge is -2.27. The normalized spacial score (nSPS) is 12.7. The minimum Gasteiger partial charge on any atom is -0.310 e. The van der Waals surface area contributed by atoms with E-state index in [1.54, 1.807) is 0 Å². The molecule has 0 unspecified atom stereocenters. The van der Waals surface area contributed by atoms with E-state index in [-0.39, 0.29) is 5.41 Å². The summed E-state index contributed by atoms with van der Waals surface area (Å²) in [6.07, 6.45) is 1.88. The van der Waals surface area contributed by atoms with E-state index in [4.69, 9.17) is 4.98 Å². The molecule has 2 heterocycles. The first-order valence-electron chi connectivity index (χ1n) is 20.4. The number of aromatic nitrogens is 2. The van der Waals surface area contributed by atoms with Crippen LogP contribution < -0.4 is 4.90 Å². The number of pyridine rings is 1. The van der Waals surface area contributed by atoms with E-state index in [9.17, 15) is 0 Å². The van der Waals surface area contributed by atoms with Crippen molar-refractivity contribution in [2.45, 2.75) is 19.3 Å². The zero-order chi connectivity index (χ0) is 39.5. The Hall–Kier alpha value is -7.49. The minimum atomic E-state index is -0.0839. The number of fused-ring (bicyclic) bond motifs is 6. The summed E-state index contributed by atoms with van der Waals surface area (Å²) in [6.45, 7) is 4.71. The number of hydrogen-bond donors (Lipinski definition) is 0. The zero-order valence-corrected chi connectivity index (χ0v) is 33.0. The molecule has 11 rings (SSSR count). The molecule has 2 aromatic heterocycles. The summed E-state index contributed by atoms with van der Waals surface area (Å²) >= 11 is 0. The molecule has 1 aliphatic carbocycles. The van der Waals surface area contributed by atoms with Crippen LogP contribution in [0.3, 0.4) is 0 Å². The van der Waals surface area contributed by atoms with Gasteiger partial charge in [0.15, 0.2) is 0 Å². The van der Waals surface area contributed by atoms with Crippen LogP contribution in [0, 0.1) is 0 Å². The van der Waals surface area contributed by atoms with Crippen LogP contribution in [0.1, 0.15) is 25.0 Å². The maximum absolute atomic E-state index is 4.78. The predicted molar refractivity (Wildman–Crippen MR) is 247 cm³/mol. The molecule has 8 aromatic carbocycles.